The van der Waals surface area contributed by atoms with E-state index in [4.69, 9.17) is 4.18 Å². The molecule has 5 heteroatoms. The Hall–Kier alpha value is -1.30. The Morgan fingerprint density at radius 3 is 2.83 bits per heavy atom. The first-order chi connectivity index (χ1) is 8.72. The van der Waals surface area contributed by atoms with Crippen LogP contribution in [0, 0.1) is 0 Å². The van der Waals surface area contributed by atoms with E-state index in [0.717, 1.165) is 28.4 Å². The molecule has 1 N–H and O–H groups in total. The van der Waals surface area contributed by atoms with Gasteiger partial charge in [-0.2, -0.15) is 0 Å². The molecule has 18 heavy (non-hydrogen) atoms. The van der Waals surface area contributed by atoms with Crippen molar-refractivity contribution in [1.29, 1.82) is 0 Å². The van der Waals surface area contributed by atoms with Gasteiger partial charge in [0.25, 0.3) is 0 Å². The highest BCUT2D eigenvalue weighted by Crippen LogP contribution is 2.29. The van der Waals surface area contributed by atoms with Gasteiger partial charge in [0.05, 0.1) is 12.8 Å². The fourth-order valence-electron chi connectivity index (χ4n) is 1.61. The number of hydrogen-bond donors (Lipinski definition) is 1. The van der Waals surface area contributed by atoms with Crippen molar-refractivity contribution in [3.8, 4) is 10.4 Å². The van der Waals surface area contributed by atoms with E-state index in [1.54, 1.807) is 25.4 Å². The summed E-state index contributed by atoms with van der Waals surface area (Å²) < 4.78 is 7.87. The van der Waals surface area contributed by atoms with E-state index in [-0.39, 0.29) is 5.78 Å². The second kappa shape index (κ2) is 6.04. The average molecular weight is 279 g/mol. The highest BCUT2D eigenvalue weighted by molar-refractivity contribution is 7.96. The zero-order valence-electron chi connectivity index (χ0n) is 10.1. The number of carbonyl (C=O) groups is 1. The summed E-state index contributed by atoms with van der Waals surface area (Å²) in [6, 6.07) is 9.85. The lowest BCUT2D eigenvalue weighted by Crippen LogP contribution is -1.99. The molecule has 0 aliphatic heterocycles. The van der Waals surface area contributed by atoms with Crippen molar-refractivity contribution in [3.05, 3.63) is 41.3 Å². The van der Waals surface area contributed by atoms with Crippen LogP contribution in [0.4, 0.5) is 5.69 Å². The molecular weight excluding hydrogens is 266 g/mol. The molecule has 0 saturated heterocycles. The van der Waals surface area contributed by atoms with Crippen LogP contribution < -0.4 is 4.72 Å². The van der Waals surface area contributed by atoms with Gasteiger partial charge >= 0.3 is 0 Å². The molecule has 2 rings (SSSR count). The van der Waals surface area contributed by atoms with Gasteiger partial charge in [0, 0.05) is 10.4 Å². The van der Waals surface area contributed by atoms with Crippen LogP contribution in [-0.2, 0) is 4.18 Å². The Bertz CT molecular complexity index is 538. The van der Waals surface area contributed by atoms with E-state index in [9.17, 15) is 4.79 Å². The number of anilines is 1. The molecule has 0 unspecified atom stereocenters. The Balaban J connectivity index is 2.37. The average Bonchev–Trinajstić information content (AvgIpc) is 2.90. The summed E-state index contributed by atoms with van der Waals surface area (Å²) in [5, 5.41) is 2.02. The van der Waals surface area contributed by atoms with Crippen LogP contribution in [0.25, 0.3) is 10.4 Å². The molecule has 1 aromatic heterocycles. The van der Waals surface area contributed by atoms with Crippen molar-refractivity contribution in [2.75, 3.05) is 11.8 Å². The number of rotatable bonds is 5. The predicted molar refractivity (Wildman–Crippen MR) is 78.0 cm³/mol. The zero-order chi connectivity index (χ0) is 13.0. The standard InChI is InChI=1S/C13H13NO2S2/c1-9(15)11-8-10(13-4-3-7-17-13)5-6-12(11)14-18-16-2/h3-8,14H,1-2H3. The Morgan fingerprint density at radius 2 is 2.22 bits per heavy atom. The summed E-state index contributed by atoms with van der Waals surface area (Å²) in [7, 11) is 1.57. The topological polar surface area (TPSA) is 38.3 Å². The van der Waals surface area contributed by atoms with Gasteiger partial charge in [-0.3, -0.25) is 4.79 Å². The largest absolute Gasteiger partial charge is 0.306 e. The fraction of sp³-hybridized carbons (Fsp3) is 0.154. The maximum atomic E-state index is 11.7. The molecule has 0 radical (unpaired) electrons. The summed E-state index contributed by atoms with van der Waals surface area (Å²) in [6.45, 7) is 1.57. The van der Waals surface area contributed by atoms with Crippen LogP contribution >= 0.6 is 23.6 Å². The second-order valence-corrected chi connectivity index (χ2v) is 5.30. The number of nitrogens with one attached hydrogen (secondary N) is 1. The minimum atomic E-state index is 0.0348. The van der Waals surface area contributed by atoms with E-state index in [2.05, 4.69) is 4.72 Å². The molecule has 0 saturated carbocycles. The number of hydrogen-bond acceptors (Lipinski definition) is 5. The summed E-state index contributed by atoms with van der Waals surface area (Å²) in [5.74, 6) is 0.0348. The van der Waals surface area contributed by atoms with Gasteiger partial charge in [-0.05, 0) is 36.1 Å². The van der Waals surface area contributed by atoms with Crippen molar-refractivity contribution in [1.82, 2.24) is 0 Å². The molecule has 1 heterocycles. The molecule has 0 aliphatic carbocycles. The summed E-state index contributed by atoms with van der Waals surface area (Å²) in [4.78, 5) is 12.8. The van der Waals surface area contributed by atoms with Crippen molar-refractivity contribution in [2.24, 2.45) is 0 Å². The maximum absolute atomic E-state index is 11.7. The number of thiophene rings is 1. The molecule has 3 nitrogen and oxygen atoms in total. The molecule has 2 aromatic rings. The maximum Gasteiger partial charge on any atom is 0.161 e. The highest BCUT2D eigenvalue weighted by Gasteiger charge is 2.10. The Morgan fingerprint density at radius 1 is 1.39 bits per heavy atom. The quantitative estimate of drug-likeness (QED) is 0.505. The van der Waals surface area contributed by atoms with Crippen LogP contribution in [0.1, 0.15) is 17.3 Å². The third kappa shape index (κ3) is 2.93. The highest BCUT2D eigenvalue weighted by atomic mass is 32.2. The lowest BCUT2D eigenvalue weighted by Gasteiger charge is -2.09. The van der Waals surface area contributed by atoms with Crippen LogP contribution in [-0.4, -0.2) is 12.9 Å². The number of ketones is 1. The Kier molecular flexibility index (Phi) is 4.41. The molecule has 0 amide bonds. The SMILES string of the molecule is COSNc1ccc(-c2cccs2)cc1C(C)=O. The van der Waals surface area contributed by atoms with Gasteiger partial charge in [0.1, 0.15) is 12.2 Å². The van der Waals surface area contributed by atoms with Gasteiger partial charge in [-0.15, -0.1) is 11.3 Å². The fourth-order valence-corrected chi connectivity index (χ4v) is 2.68. The first kappa shape index (κ1) is 13.1. The van der Waals surface area contributed by atoms with Crippen molar-refractivity contribution in [2.45, 2.75) is 6.92 Å². The molecule has 0 spiro atoms. The van der Waals surface area contributed by atoms with E-state index in [1.807, 2.05) is 35.7 Å². The van der Waals surface area contributed by atoms with Gasteiger partial charge in [0.2, 0.25) is 0 Å². The van der Waals surface area contributed by atoms with Crippen LogP contribution in [0.3, 0.4) is 0 Å². The van der Waals surface area contributed by atoms with Gasteiger partial charge in [0.15, 0.2) is 5.78 Å². The minimum Gasteiger partial charge on any atom is -0.306 e. The van der Waals surface area contributed by atoms with Crippen LogP contribution in [0.5, 0.6) is 0 Å². The summed E-state index contributed by atoms with van der Waals surface area (Å²) >= 11 is 2.76. The third-order valence-corrected chi connectivity index (χ3v) is 3.83. The first-order valence-corrected chi connectivity index (χ1v) is 6.99. The summed E-state index contributed by atoms with van der Waals surface area (Å²) in [6.07, 6.45) is 0. The number of carbonyl (C=O) groups excluding carboxylic acids is 1. The first-order valence-electron chi connectivity index (χ1n) is 5.37. The predicted octanol–water partition coefficient (Wildman–Crippen LogP) is 4.24. The Labute approximate surface area is 115 Å². The monoisotopic (exact) mass is 279 g/mol. The van der Waals surface area contributed by atoms with Crippen molar-refractivity contribution < 1.29 is 8.98 Å². The minimum absolute atomic E-state index is 0.0348. The molecule has 0 atom stereocenters. The zero-order valence-corrected chi connectivity index (χ0v) is 11.7. The van der Waals surface area contributed by atoms with Gasteiger partial charge in [-0.25, -0.2) is 0 Å². The van der Waals surface area contributed by atoms with Gasteiger partial charge in [-0.1, -0.05) is 12.1 Å². The van der Waals surface area contributed by atoms with E-state index >= 15 is 0 Å². The third-order valence-electron chi connectivity index (χ3n) is 2.44. The smallest absolute Gasteiger partial charge is 0.161 e. The number of Topliss-reactive ketones (excluding diaryl/α,β-unsaturated/α-hetero) is 1. The van der Waals surface area contributed by atoms with E-state index < -0.39 is 0 Å². The lowest BCUT2D eigenvalue weighted by molar-refractivity contribution is 0.101. The molecule has 1 aromatic carbocycles. The molecule has 94 valence electrons. The molecule has 0 bridgehead atoms. The molecule has 0 fully saturated rings. The van der Waals surface area contributed by atoms with Crippen LogP contribution in [0.15, 0.2) is 35.7 Å². The molecule has 0 aliphatic rings. The lowest BCUT2D eigenvalue weighted by atomic mass is 10.0. The van der Waals surface area contributed by atoms with Gasteiger partial charge < -0.3 is 8.91 Å². The normalized spacial score (nSPS) is 10.3. The van der Waals surface area contributed by atoms with E-state index in [0.29, 0.717) is 5.56 Å². The molecular formula is C13H13NO2S2. The summed E-state index contributed by atoms with van der Waals surface area (Å²) in [5.41, 5.74) is 2.50. The van der Waals surface area contributed by atoms with Crippen molar-refractivity contribution in [3.63, 3.8) is 0 Å². The van der Waals surface area contributed by atoms with E-state index in [1.165, 1.54) is 0 Å². The second-order valence-electron chi connectivity index (χ2n) is 3.65. The van der Waals surface area contributed by atoms with Crippen LogP contribution in [0.2, 0.25) is 0 Å². The van der Waals surface area contributed by atoms with Crippen molar-refractivity contribution >= 4 is 35.0 Å². The number of benzene rings is 1.